The molecule has 3 unspecified atom stereocenters. The first-order chi connectivity index (χ1) is 7.36. The fourth-order valence-corrected chi connectivity index (χ4v) is 2.68. The summed E-state index contributed by atoms with van der Waals surface area (Å²) in [7, 11) is 1.19. The van der Waals surface area contributed by atoms with E-state index in [4.69, 9.17) is 0 Å². The SMILES string of the molecule is CCC(C)N(C(C)CC)C(C)C(C)=C(C)[SiH3]. The van der Waals surface area contributed by atoms with E-state index < -0.39 is 0 Å². The fraction of sp³-hybridized carbons (Fsp3) is 0.857. The van der Waals surface area contributed by atoms with Gasteiger partial charge in [-0.05, 0) is 47.5 Å². The van der Waals surface area contributed by atoms with Gasteiger partial charge in [-0.1, -0.05) is 24.6 Å². The minimum atomic E-state index is 0.599. The summed E-state index contributed by atoms with van der Waals surface area (Å²) in [5.41, 5.74) is 1.59. The molecule has 16 heavy (non-hydrogen) atoms. The van der Waals surface area contributed by atoms with Gasteiger partial charge in [0, 0.05) is 28.4 Å². The summed E-state index contributed by atoms with van der Waals surface area (Å²) in [6, 6.07) is 1.96. The normalized spacial score (nSPS) is 19.5. The van der Waals surface area contributed by atoms with Gasteiger partial charge in [0.15, 0.2) is 0 Å². The van der Waals surface area contributed by atoms with E-state index in [2.05, 4.69) is 53.4 Å². The van der Waals surface area contributed by atoms with E-state index in [0.717, 1.165) is 0 Å². The van der Waals surface area contributed by atoms with Crippen LogP contribution in [0.2, 0.25) is 0 Å². The van der Waals surface area contributed by atoms with Gasteiger partial charge in [-0.25, -0.2) is 0 Å². The van der Waals surface area contributed by atoms with E-state index in [9.17, 15) is 0 Å². The minimum Gasteiger partial charge on any atom is -0.292 e. The van der Waals surface area contributed by atoms with Crippen molar-refractivity contribution in [2.45, 2.75) is 79.4 Å². The van der Waals surface area contributed by atoms with Crippen molar-refractivity contribution >= 4 is 10.2 Å². The lowest BCUT2D eigenvalue weighted by molar-refractivity contribution is 0.115. The van der Waals surface area contributed by atoms with Gasteiger partial charge < -0.3 is 0 Å². The Balaban J connectivity index is 4.97. The maximum Gasteiger partial charge on any atom is 0.0329 e. The van der Waals surface area contributed by atoms with Crippen molar-refractivity contribution in [2.24, 2.45) is 0 Å². The van der Waals surface area contributed by atoms with Gasteiger partial charge in [-0.2, -0.15) is 0 Å². The van der Waals surface area contributed by atoms with Gasteiger partial charge in [0.1, 0.15) is 0 Å². The predicted octanol–water partition coefficient (Wildman–Crippen LogP) is 2.93. The summed E-state index contributed by atoms with van der Waals surface area (Å²) in [5, 5.41) is 1.60. The molecule has 3 atom stereocenters. The third-order valence-corrected chi connectivity index (χ3v) is 4.85. The topological polar surface area (TPSA) is 3.24 Å². The van der Waals surface area contributed by atoms with E-state index in [1.807, 2.05) is 0 Å². The van der Waals surface area contributed by atoms with Crippen LogP contribution in [0.3, 0.4) is 0 Å². The maximum absolute atomic E-state index is 2.69. The molecule has 0 spiro atoms. The van der Waals surface area contributed by atoms with Gasteiger partial charge in [0.2, 0.25) is 0 Å². The summed E-state index contributed by atoms with van der Waals surface area (Å²) < 4.78 is 0. The molecular weight excluding hydrogens is 210 g/mol. The predicted molar refractivity (Wildman–Crippen MR) is 79.1 cm³/mol. The van der Waals surface area contributed by atoms with Crippen molar-refractivity contribution in [2.75, 3.05) is 0 Å². The van der Waals surface area contributed by atoms with Crippen LogP contribution in [0.15, 0.2) is 10.8 Å². The molecule has 0 bridgehead atoms. The first-order valence-electron chi connectivity index (χ1n) is 6.78. The van der Waals surface area contributed by atoms with Crippen LogP contribution in [0.4, 0.5) is 0 Å². The zero-order chi connectivity index (χ0) is 12.9. The first kappa shape index (κ1) is 15.9. The molecule has 0 radical (unpaired) electrons. The second-order valence-electron chi connectivity index (χ2n) is 5.32. The highest BCUT2D eigenvalue weighted by atomic mass is 28.1. The van der Waals surface area contributed by atoms with Crippen molar-refractivity contribution in [3.63, 3.8) is 0 Å². The minimum absolute atomic E-state index is 0.599. The summed E-state index contributed by atoms with van der Waals surface area (Å²) >= 11 is 0. The summed E-state index contributed by atoms with van der Waals surface area (Å²) in [6.45, 7) is 16.3. The summed E-state index contributed by atoms with van der Waals surface area (Å²) in [4.78, 5) is 2.69. The summed E-state index contributed by atoms with van der Waals surface area (Å²) in [6.07, 6.45) is 2.48. The molecule has 0 aromatic rings. The Hall–Kier alpha value is -0.0831. The van der Waals surface area contributed by atoms with Crippen molar-refractivity contribution in [1.29, 1.82) is 0 Å². The smallest absolute Gasteiger partial charge is 0.0329 e. The average molecular weight is 241 g/mol. The fourth-order valence-electron chi connectivity index (χ4n) is 2.26. The van der Waals surface area contributed by atoms with Crippen LogP contribution in [0.1, 0.15) is 61.3 Å². The van der Waals surface area contributed by atoms with Gasteiger partial charge in [-0.15, -0.1) is 0 Å². The Bertz CT molecular complexity index is 221. The van der Waals surface area contributed by atoms with E-state index >= 15 is 0 Å². The van der Waals surface area contributed by atoms with Crippen molar-refractivity contribution in [3.8, 4) is 0 Å². The molecule has 0 aromatic heterocycles. The number of nitrogens with zero attached hydrogens (tertiary/aromatic N) is 1. The van der Waals surface area contributed by atoms with E-state index in [1.165, 1.54) is 23.1 Å². The van der Waals surface area contributed by atoms with Crippen molar-refractivity contribution in [3.05, 3.63) is 10.8 Å². The third kappa shape index (κ3) is 4.06. The lowest BCUT2D eigenvalue weighted by atomic mass is 10.0. The second-order valence-corrected chi connectivity index (χ2v) is 6.82. The molecule has 0 amide bonds. The van der Waals surface area contributed by atoms with Crippen molar-refractivity contribution < 1.29 is 0 Å². The van der Waals surface area contributed by atoms with Gasteiger partial charge in [0.25, 0.3) is 0 Å². The zero-order valence-corrected chi connectivity index (χ0v) is 14.6. The van der Waals surface area contributed by atoms with Gasteiger partial charge >= 0.3 is 0 Å². The Labute approximate surface area is 106 Å². The van der Waals surface area contributed by atoms with E-state index in [1.54, 1.807) is 10.8 Å². The monoisotopic (exact) mass is 241 g/mol. The zero-order valence-electron chi connectivity index (χ0n) is 12.6. The van der Waals surface area contributed by atoms with Crippen LogP contribution < -0.4 is 0 Å². The number of rotatable bonds is 6. The highest BCUT2D eigenvalue weighted by Gasteiger charge is 2.24. The lowest BCUT2D eigenvalue weighted by Crippen LogP contribution is -2.46. The quantitative estimate of drug-likeness (QED) is 0.646. The van der Waals surface area contributed by atoms with Crippen LogP contribution in [-0.2, 0) is 0 Å². The molecule has 0 aliphatic carbocycles. The molecule has 0 saturated heterocycles. The van der Waals surface area contributed by atoms with Crippen LogP contribution >= 0.6 is 0 Å². The maximum atomic E-state index is 2.69. The molecular formula is C14H31NSi. The van der Waals surface area contributed by atoms with Crippen molar-refractivity contribution in [1.82, 2.24) is 4.90 Å². The number of hydrogen-bond donors (Lipinski definition) is 0. The Morgan fingerprint density at radius 1 is 1.00 bits per heavy atom. The molecule has 0 aromatic carbocycles. The van der Waals surface area contributed by atoms with Gasteiger partial charge in [-0.3, -0.25) is 4.90 Å². The molecule has 0 fully saturated rings. The molecule has 0 aliphatic rings. The van der Waals surface area contributed by atoms with E-state index in [0.29, 0.717) is 18.1 Å². The highest BCUT2D eigenvalue weighted by molar-refractivity contribution is 6.21. The molecule has 0 heterocycles. The van der Waals surface area contributed by atoms with Crippen LogP contribution in [-0.4, -0.2) is 33.3 Å². The average Bonchev–Trinajstić information content (AvgIpc) is 2.27. The van der Waals surface area contributed by atoms with Crippen LogP contribution in [0, 0.1) is 0 Å². The first-order valence-corrected chi connectivity index (χ1v) is 7.78. The molecule has 96 valence electrons. The van der Waals surface area contributed by atoms with Crippen LogP contribution in [0.5, 0.6) is 0 Å². The lowest BCUT2D eigenvalue weighted by Gasteiger charge is -2.40. The Kier molecular flexibility index (Phi) is 7.25. The van der Waals surface area contributed by atoms with E-state index in [-0.39, 0.29) is 0 Å². The Morgan fingerprint density at radius 3 is 1.62 bits per heavy atom. The second kappa shape index (κ2) is 7.28. The number of allylic oxidation sites excluding steroid dienone is 1. The molecule has 1 nitrogen and oxygen atoms in total. The molecule has 2 heteroatoms. The standard InChI is InChI=1S/C14H31NSi/c1-8-10(3)15(11(4)9-2)13(6)12(5)14(7)16/h10-11,13H,8-9H2,1-7,16H3. The number of hydrogen-bond acceptors (Lipinski definition) is 1. The molecule has 0 aliphatic heterocycles. The van der Waals surface area contributed by atoms with Gasteiger partial charge in [0.05, 0.1) is 0 Å². The highest BCUT2D eigenvalue weighted by Crippen LogP contribution is 2.21. The molecule has 0 N–H and O–H groups in total. The molecule has 0 rings (SSSR count). The summed E-state index contributed by atoms with van der Waals surface area (Å²) in [5.74, 6) is 0. The molecule has 0 saturated carbocycles. The van der Waals surface area contributed by atoms with Crippen LogP contribution in [0.25, 0.3) is 0 Å². The largest absolute Gasteiger partial charge is 0.292 e. The third-order valence-electron chi connectivity index (χ3n) is 4.06. The Morgan fingerprint density at radius 2 is 1.38 bits per heavy atom.